The lowest BCUT2D eigenvalue weighted by Crippen LogP contribution is -2.22. The lowest BCUT2D eigenvalue weighted by molar-refractivity contribution is 0.0950. The Morgan fingerprint density at radius 2 is 2.29 bits per heavy atom. The second-order valence-electron chi connectivity index (χ2n) is 3.43. The number of carbonyl (C=O) groups is 1. The number of aromatic hydroxyl groups is 1. The van der Waals surface area contributed by atoms with Crippen LogP contribution in [0.2, 0.25) is 0 Å². The molecular formula is C11H10BrN3O2. The van der Waals surface area contributed by atoms with E-state index < -0.39 is 0 Å². The van der Waals surface area contributed by atoms with Crippen molar-refractivity contribution in [2.45, 2.75) is 6.54 Å². The maximum Gasteiger partial charge on any atom is 0.251 e. The number of hydrogen-bond donors (Lipinski definition) is 3. The summed E-state index contributed by atoms with van der Waals surface area (Å²) in [5.41, 5.74) is 1.23. The number of halogens is 1. The van der Waals surface area contributed by atoms with Crippen LogP contribution in [0.3, 0.4) is 0 Å². The summed E-state index contributed by atoms with van der Waals surface area (Å²) >= 11 is 3.15. The molecule has 0 atom stereocenters. The summed E-state index contributed by atoms with van der Waals surface area (Å²) in [6, 6.07) is 6.44. The number of aromatic nitrogens is 2. The summed E-state index contributed by atoms with van der Waals surface area (Å²) < 4.78 is 0.558. The zero-order valence-electron chi connectivity index (χ0n) is 8.77. The van der Waals surface area contributed by atoms with Crippen LogP contribution in [-0.4, -0.2) is 21.2 Å². The van der Waals surface area contributed by atoms with Gasteiger partial charge in [-0.3, -0.25) is 9.89 Å². The van der Waals surface area contributed by atoms with Crippen LogP contribution >= 0.6 is 15.9 Å². The molecule has 0 saturated carbocycles. The quantitative estimate of drug-likeness (QED) is 0.808. The topological polar surface area (TPSA) is 78.0 Å². The van der Waals surface area contributed by atoms with Gasteiger partial charge in [-0.1, -0.05) is 0 Å². The Hall–Kier alpha value is -1.82. The molecule has 6 heteroatoms. The molecule has 0 unspecified atom stereocenters. The Bertz CT molecular complexity index is 526. The number of H-pyrrole nitrogens is 1. The third kappa shape index (κ3) is 2.85. The van der Waals surface area contributed by atoms with Crippen LogP contribution in [0.15, 0.2) is 34.9 Å². The molecule has 88 valence electrons. The number of nitrogens with one attached hydrogen (secondary N) is 2. The van der Waals surface area contributed by atoms with E-state index in [0.29, 0.717) is 16.6 Å². The van der Waals surface area contributed by atoms with Crippen molar-refractivity contribution in [3.63, 3.8) is 0 Å². The van der Waals surface area contributed by atoms with Crippen molar-refractivity contribution in [3.05, 3.63) is 46.2 Å². The van der Waals surface area contributed by atoms with Crippen LogP contribution in [0.25, 0.3) is 0 Å². The summed E-state index contributed by atoms with van der Waals surface area (Å²) in [6.07, 6.45) is 1.62. The number of rotatable bonds is 3. The molecule has 0 spiro atoms. The summed E-state index contributed by atoms with van der Waals surface area (Å²) in [5.74, 6) is -0.207. The molecule has 1 heterocycles. The molecule has 3 N–H and O–H groups in total. The van der Waals surface area contributed by atoms with E-state index in [1.807, 2.05) is 0 Å². The number of hydrogen-bond acceptors (Lipinski definition) is 3. The lowest BCUT2D eigenvalue weighted by atomic mass is 10.2. The summed E-state index contributed by atoms with van der Waals surface area (Å²) in [4.78, 5) is 11.7. The van der Waals surface area contributed by atoms with Gasteiger partial charge in [-0.2, -0.15) is 5.10 Å². The fourth-order valence-electron chi connectivity index (χ4n) is 1.31. The summed E-state index contributed by atoms with van der Waals surface area (Å²) in [5, 5.41) is 18.7. The third-order valence-electron chi connectivity index (χ3n) is 2.21. The highest BCUT2D eigenvalue weighted by Crippen LogP contribution is 2.24. The fourth-order valence-corrected chi connectivity index (χ4v) is 1.56. The second-order valence-corrected chi connectivity index (χ2v) is 4.29. The molecule has 0 bridgehead atoms. The van der Waals surface area contributed by atoms with E-state index in [2.05, 4.69) is 31.4 Å². The first-order valence-electron chi connectivity index (χ1n) is 4.92. The SMILES string of the molecule is O=C(NCc1ccn[nH]1)c1ccc(Br)c(O)c1. The highest BCUT2D eigenvalue weighted by atomic mass is 79.9. The molecular weight excluding hydrogens is 286 g/mol. The van der Waals surface area contributed by atoms with Crippen LogP contribution in [0.1, 0.15) is 16.1 Å². The smallest absolute Gasteiger partial charge is 0.251 e. The van der Waals surface area contributed by atoms with Crippen LogP contribution in [0.4, 0.5) is 0 Å². The maximum atomic E-state index is 11.7. The van der Waals surface area contributed by atoms with E-state index in [9.17, 15) is 9.90 Å². The van der Waals surface area contributed by atoms with Crippen molar-refractivity contribution >= 4 is 21.8 Å². The highest BCUT2D eigenvalue weighted by molar-refractivity contribution is 9.10. The number of amides is 1. The number of aromatic amines is 1. The molecule has 0 fully saturated rings. The van der Waals surface area contributed by atoms with Gasteiger partial charge in [-0.25, -0.2) is 0 Å². The van der Waals surface area contributed by atoms with Crippen molar-refractivity contribution in [2.24, 2.45) is 0 Å². The van der Waals surface area contributed by atoms with Gasteiger partial charge in [0.15, 0.2) is 0 Å². The Labute approximate surface area is 106 Å². The predicted octanol–water partition coefficient (Wildman–Crippen LogP) is 1.81. The maximum absolute atomic E-state index is 11.7. The van der Waals surface area contributed by atoms with Gasteiger partial charge < -0.3 is 10.4 Å². The molecule has 17 heavy (non-hydrogen) atoms. The average molecular weight is 296 g/mol. The summed E-state index contributed by atoms with van der Waals surface area (Å²) in [6.45, 7) is 0.371. The van der Waals surface area contributed by atoms with Crippen molar-refractivity contribution in [3.8, 4) is 5.75 Å². The normalized spacial score (nSPS) is 10.2. The Morgan fingerprint density at radius 3 is 2.94 bits per heavy atom. The highest BCUT2D eigenvalue weighted by Gasteiger charge is 2.08. The van der Waals surface area contributed by atoms with Gasteiger partial charge in [-0.15, -0.1) is 0 Å². The Balaban J connectivity index is 2.02. The van der Waals surface area contributed by atoms with E-state index in [1.54, 1.807) is 24.4 Å². The van der Waals surface area contributed by atoms with Gasteiger partial charge in [-0.05, 0) is 40.2 Å². The van der Waals surface area contributed by atoms with Crippen LogP contribution in [0.5, 0.6) is 5.75 Å². The molecule has 1 amide bonds. The van der Waals surface area contributed by atoms with E-state index in [0.717, 1.165) is 5.69 Å². The van der Waals surface area contributed by atoms with Crippen molar-refractivity contribution in [1.29, 1.82) is 0 Å². The minimum atomic E-state index is -0.248. The first-order chi connectivity index (χ1) is 8.16. The molecule has 5 nitrogen and oxygen atoms in total. The number of nitrogens with zero attached hydrogens (tertiary/aromatic N) is 1. The van der Waals surface area contributed by atoms with Gasteiger partial charge in [0.05, 0.1) is 16.7 Å². The Morgan fingerprint density at radius 1 is 1.47 bits per heavy atom. The molecule has 0 aliphatic rings. The molecule has 1 aromatic heterocycles. The van der Waals surface area contributed by atoms with E-state index in [4.69, 9.17) is 0 Å². The molecule has 0 aliphatic heterocycles. The van der Waals surface area contributed by atoms with Crippen molar-refractivity contribution in [2.75, 3.05) is 0 Å². The molecule has 2 rings (SSSR count). The summed E-state index contributed by atoms with van der Waals surface area (Å²) in [7, 11) is 0. The minimum absolute atomic E-state index is 0.0409. The molecule has 0 radical (unpaired) electrons. The van der Waals surface area contributed by atoms with Crippen molar-refractivity contribution in [1.82, 2.24) is 15.5 Å². The van der Waals surface area contributed by atoms with Crippen LogP contribution in [0, 0.1) is 0 Å². The number of phenols is 1. The van der Waals surface area contributed by atoms with E-state index in [-0.39, 0.29) is 11.7 Å². The van der Waals surface area contributed by atoms with E-state index >= 15 is 0 Å². The zero-order valence-corrected chi connectivity index (χ0v) is 10.4. The first-order valence-corrected chi connectivity index (χ1v) is 5.71. The second kappa shape index (κ2) is 5.01. The minimum Gasteiger partial charge on any atom is -0.507 e. The third-order valence-corrected chi connectivity index (χ3v) is 2.88. The zero-order chi connectivity index (χ0) is 12.3. The van der Waals surface area contributed by atoms with Gasteiger partial charge in [0, 0.05) is 11.8 Å². The van der Waals surface area contributed by atoms with Gasteiger partial charge in [0.25, 0.3) is 5.91 Å². The molecule has 0 saturated heterocycles. The van der Waals surface area contributed by atoms with E-state index in [1.165, 1.54) is 6.07 Å². The first kappa shape index (κ1) is 11.7. The number of carbonyl (C=O) groups excluding carboxylic acids is 1. The van der Waals surface area contributed by atoms with Gasteiger partial charge in [0.1, 0.15) is 5.75 Å². The Kier molecular flexibility index (Phi) is 3.43. The molecule has 2 aromatic rings. The monoisotopic (exact) mass is 295 g/mol. The van der Waals surface area contributed by atoms with Crippen molar-refractivity contribution < 1.29 is 9.90 Å². The number of benzene rings is 1. The standard InChI is InChI=1S/C11H10BrN3O2/c12-9-2-1-7(5-10(9)16)11(17)13-6-8-3-4-14-15-8/h1-5,16H,6H2,(H,13,17)(H,14,15). The van der Waals surface area contributed by atoms with Gasteiger partial charge >= 0.3 is 0 Å². The average Bonchev–Trinajstić information content (AvgIpc) is 2.82. The largest absolute Gasteiger partial charge is 0.507 e. The molecule has 1 aromatic carbocycles. The predicted molar refractivity (Wildman–Crippen MR) is 65.6 cm³/mol. The van der Waals surface area contributed by atoms with Crippen LogP contribution in [-0.2, 0) is 6.54 Å². The molecule has 0 aliphatic carbocycles. The number of phenolic OH excluding ortho intramolecular Hbond substituents is 1. The van der Waals surface area contributed by atoms with Crippen LogP contribution < -0.4 is 5.32 Å². The van der Waals surface area contributed by atoms with Gasteiger partial charge in [0.2, 0.25) is 0 Å². The lowest BCUT2D eigenvalue weighted by Gasteiger charge is -2.04. The fraction of sp³-hybridized carbons (Fsp3) is 0.0909.